The molecule has 4 aliphatic carbocycles. The molecule has 5 rings (SSSR count). The summed E-state index contributed by atoms with van der Waals surface area (Å²) in [6, 6.07) is 9.18. The Balaban J connectivity index is 0.000000758. The number of rotatable bonds is 0. The third-order valence-electron chi connectivity index (χ3n) is 8.51. The summed E-state index contributed by atoms with van der Waals surface area (Å²) in [5.74, 6) is 2.34. The van der Waals surface area contributed by atoms with Crippen molar-refractivity contribution in [2.45, 2.75) is 90.6 Å². The van der Waals surface area contributed by atoms with Crippen LogP contribution in [-0.2, 0) is 6.42 Å². The Morgan fingerprint density at radius 2 is 1.72 bits per heavy atom. The lowest BCUT2D eigenvalue weighted by molar-refractivity contribution is -0.0530. The highest BCUT2D eigenvalue weighted by molar-refractivity contribution is 5.35. The molecule has 1 heteroatoms. The first-order valence-electron chi connectivity index (χ1n) is 10.9. The van der Waals surface area contributed by atoms with Gasteiger partial charge in [0.25, 0.3) is 0 Å². The molecule has 25 heavy (non-hydrogen) atoms. The third-order valence-corrected chi connectivity index (χ3v) is 8.51. The fourth-order valence-electron chi connectivity index (χ4n) is 7.40. The van der Waals surface area contributed by atoms with Crippen molar-refractivity contribution in [2.75, 3.05) is 0 Å². The number of fused-ring (bicyclic) bond motifs is 5. The van der Waals surface area contributed by atoms with Crippen LogP contribution in [0.3, 0.4) is 0 Å². The molecule has 1 spiro atoms. The Morgan fingerprint density at radius 3 is 2.48 bits per heavy atom. The van der Waals surface area contributed by atoms with Crippen LogP contribution in [0.5, 0.6) is 0 Å². The zero-order chi connectivity index (χ0) is 17.7. The molecule has 1 N–H and O–H groups in total. The zero-order valence-electron chi connectivity index (χ0n) is 16.4. The maximum Gasteiger partial charge on any atom is 0.0652 e. The molecule has 1 aromatic carbocycles. The molecule has 3 fully saturated rings. The van der Waals surface area contributed by atoms with Crippen molar-refractivity contribution in [3.63, 3.8) is 0 Å². The lowest BCUT2D eigenvalue weighted by atomic mass is 9.55. The second-order valence-corrected chi connectivity index (χ2v) is 9.33. The second kappa shape index (κ2) is 6.41. The van der Waals surface area contributed by atoms with E-state index in [1.165, 1.54) is 57.8 Å². The SMILES string of the molecule is CC.C[C@@]12CC[C@H]3c4ccccc4CC[C@@H]3[C@H]1CC1(CCCC1)C2O. The lowest BCUT2D eigenvalue weighted by Crippen LogP contribution is -2.45. The van der Waals surface area contributed by atoms with Gasteiger partial charge in [-0.3, -0.25) is 0 Å². The Morgan fingerprint density at radius 1 is 1.00 bits per heavy atom. The molecule has 3 saturated carbocycles. The zero-order valence-corrected chi connectivity index (χ0v) is 16.4. The topological polar surface area (TPSA) is 20.2 Å². The van der Waals surface area contributed by atoms with Crippen LogP contribution < -0.4 is 0 Å². The second-order valence-electron chi connectivity index (χ2n) is 9.33. The van der Waals surface area contributed by atoms with E-state index < -0.39 is 0 Å². The van der Waals surface area contributed by atoms with Crippen molar-refractivity contribution in [3.05, 3.63) is 35.4 Å². The minimum absolute atomic E-state index is 0.0411. The highest BCUT2D eigenvalue weighted by Gasteiger charge is 2.63. The van der Waals surface area contributed by atoms with Crippen LogP contribution in [0.25, 0.3) is 0 Å². The first kappa shape index (κ1) is 17.6. The summed E-state index contributed by atoms with van der Waals surface area (Å²) in [6.45, 7) is 6.44. The van der Waals surface area contributed by atoms with Gasteiger partial charge in [0.15, 0.2) is 0 Å². The predicted octanol–water partition coefficient (Wildman–Crippen LogP) is 6.10. The van der Waals surface area contributed by atoms with Gasteiger partial charge in [-0.15, -0.1) is 0 Å². The van der Waals surface area contributed by atoms with Gasteiger partial charge in [0, 0.05) is 0 Å². The Kier molecular flexibility index (Phi) is 4.51. The molecule has 0 aromatic heterocycles. The van der Waals surface area contributed by atoms with E-state index in [0.29, 0.717) is 0 Å². The van der Waals surface area contributed by atoms with E-state index in [-0.39, 0.29) is 16.9 Å². The molecule has 0 bridgehead atoms. The predicted molar refractivity (Wildman–Crippen MR) is 105 cm³/mol. The van der Waals surface area contributed by atoms with Crippen molar-refractivity contribution in [1.29, 1.82) is 0 Å². The molecule has 1 nitrogen and oxygen atoms in total. The minimum atomic E-state index is -0.0411. The van der Waals surface area contributed by atoms with Gasteiger partial charge < -0.3 is 5.11 Å². The number of aryl methyl sites for hydroxylation is 1. The molecule has 5 atom stereocenters. The van der Waals surface area contributed by atoms with Gasteiger partial charge in [-0.1, -0.05) is 57.9 Å². The van der Waals surface area contributed by atoms with Crippen molar-refractivity contribution < 1.29 is 5.11 Å². The molecular weight excluding hydrogens is 304 g/mol. The molecule has 0 saturated heterocycles. The van der Waals surface area contributed by atoms with Crippen LogP contribution in [0, 0.1) is 22.7 Å². The van der Waals surface area contributed by atoms with Crippen LogP contribution in [-0.4, -0.2) is 11.2 Å². The van der Waals surface area contributed by atoms with Crippen LogP contribution in [0.15, 0.2) is 24.3 Å². The lowest BCUT2D eigenvalue weighted by Gasteiger charge is -2.50. The maximum atomic E-state index is 11.3. The molecule has 0 radical (unpaired) electrons. The number of hydrogen-bond acceptors (Lipinski definition) is 1. The summed E-state index contributed by atoms with van der Waals surface area (Å²) in [5, 5.41) is 11.3. The highest BCUT2D eigenvalue weighted by Crippen LogP contribution is 2.68. The average molecular weight is 341 g/mol. The smallest absolute Gasteiger partial charge is 0.0652 e. The van der Waals surface area contributed by atoms with Crippen LogP contribution in [0.2, 0.25) is 0 Å². The third kappa shape index (κ3) is 2.45. The van der Waals surface area contributed by atoms with Crippen molar-refractivity contribution >= 4 is 0 Å². The van der Waals surface area contributed by atoms with E-state index in [1.54, 1.807) is 11.1 Å². The Labute approximate surface area is 154 Å². The normalized spacial score (nSPS) is 40.6. The summed E-state index contributed by atoms with van der Waals surface area (Å²) in [4.78, 5) is 0. The molecule has 0 amide bonds. The van der Waals surface area contributed by atoms with E-state index in [2.05, 4.69) is 31.2 Å². The van der Waals surface area contributed by atoms with Crippen molar-refractivity contribution in [1.82, 2.24) is 0 Å². The highest BCUT2D eigenvalue weighted by atomic mass is 16.3. The summed E-state index contributed by atoms with van der Waals surface area (Å²) in [7, 11) is 0. The Hall–Kier alpha value is -0.820. The number of aliphatic hydroxyl groups excluding tert-OH is 1. The minimum Gasteiger partial charge on any atom is -0.392 e. The summed E-state index contributed by atoms with van der Waals surface area (Å²) in [5.41, 5.74) is 3.72. The van der Waals surface area contributed by atoms with Gasteiger partial charge >= 0.3 is 0 Å². The molecule has 138 valence electrons. The van der Waals surface area contributed by atoms with Crippen LogP contribution >= 0.6 is 0 Å². The first-order valence-corrected chi connectivity index (χ1v) is 10.9. The first-order chi connectivity index (χ1) is 12.1. The number of benzene rings is 1. The summed E-state index contributed by atoms with van der Waals surface area (Å²) < 4.78 is 0. The van der Waals surface area contributed by atoms with Gasteiger partial charge in [0.05, 0.1) is 6.10 Å². The van der Waals surface area contributed by atoms with E-state index in [4.69, 9.17) is 0 Å². The largest absolute Gasteiger partial charge is 0.392 e. The molecular formula is C24H36O. The standard InChI is InChI=1S/C22H30O.C2H6/c1-21-13-10-17-16-7-3-2-6-15(16)8-9-18(17)19(21)14-22(20(21)23)11-4-5-12-22;1-2/h2-3,6-7,17-20,23H,4-5,8-14H2,1H3;1-2H3/t17-,18-,19+,20?,21+;/m0./s1. The Bertz CT molecular complexity index is 614. The summed E-state index contributed by atoms with van der Waals surface area (Å²) >= 11 is 0. The van der Waals surface area contributed by atoms with Crippen molar-refractivity contribution in [2.24, 2.45) is 22.7 Å². The van der Waals surface area contributed by atoms with Gasteiger partial charge in [-0.25, -0.2) is 0 Å². The van der Waals surface area contributed by atoms with Gasteiger partial charge in [0.2, 0.25) is 0 Å². The number of hydrogen-bond donors (Lipinski definition) is 1. The number of aliphatic hydroxyl groups is 1. The van der Waals surface area contributed by atoms with E-state index in [0.717, 1.165) is 17.8 Å². The molecule has 0 aliphatic heterocycles. The van der Waals surface area contributed by atoms with Crippen molar-refractivity contribution in [3.8, 4) is 0 Å². The average Bonchev–Trinajstić information content (AvgIpc) is 3.22. The maximum absolute atomic E-state index is 11.3. The fraction of sp³-hybridized carbons (Fsp3) is 0.750. The molecule has 1 unspecified atom stereocenters. The van der Waals surface area contributed by atoms with Crippen LogP contribution in [0.1, 0.15) is 89.2 Å². The summed E-state index contributed by atoms with van der Waals surface area (Å²) in [6.07, 6.45) is 11.7. The van der Waals surface area contributed by atoms with Gasteiger partial charge in [0.1, 0.15) is 0 Å². The van der Waals surface area contributed by atoms with Crippen LogP contribution in [0.4, 0.5) is 0 Å². The molecule has 4 aliphatic rings. The molecule has 0 heterocycles. The monoisotopic (exact) mass is 340 g/mol. The van der Waals surface area contributed by atoms with Gasteiger partial charge in [-0.2, -0.15) is 0 Å². The van der Waals surface area contributed by atoms with E-state index in [1.807, 2.05) is 13.8 Å². The fourth-order valence-corrected chi connectivity index (χ4v) is 7.40. The quantitative estimate of drug-likeness (QED) is 0.605. The van der Waals surface area contributed by atoms with Gasteiger partial charge in [-0.05, 0) is 84.7 Å². The van der Waals surface area contributed by atoms with E-state index in [9.17, 15) is 5.11 Å². The molecule has 1 aromatic rings. The van der Waals surface area contributed by atoms with E-state index >= 15 is 0 Å².